The quantitative estimate of drug-likeness (QED) is 0.427. The molecule has 30 heavy (non-hydrogen) atoms. The second kappa shape index (κ2) is 8.53. The van der Waals surface area contributed by atoms with Gasteiger partial charge in [-0.3, -0.25) is 0 Å². The topological polar surface area (TPSA) is 194 Å². The number of hydrogen-bond donors (Lipinski definition) is 4. The van der Waals surface area contributed by atoms with Gasteiger partial charge in [0.1, 0.15) is 15.6 Å². The van der Waals surface area contributed by atoms with Crippen LogP contribution in [0.1, 0.15) is 5.56 Å². The zero-order chi connectivity index (χ0) is 21.9. The molecule has 0 atom stereocenters. The molecule has 0 bridgehead atoms. The van der Waals surface area contributed by atoms with E-state index in [4.69, 9.17) is 10.9 Å². The molecule has 0 fully saturated rings. The summed E-state index contributed by atoms with van der Waals surface area (Å²) in [5, 5.41) is 15.9. The SMILES string of the molecule is CNc1ccc(-c2ccc(S(=O)(=O)NCCN)c(S(N)(=O)=O)c2C2=NCN=N2)cn1. The van der Waals surface area contributed by atoms with Crippen LogP contribution in [0, 0.1) is 0 Å². The largest absolute Gasteiger partial charge is 0.373 e. The first-order chi connectivity index (χ1) is 14.2. The number of aliphatic imine (C=N–C) groups is 1. The molecule has 1 aliphatic rings. The molecule has 0 radical (unpaired) electrons. The van der Waals surface area contributed by atoms with E-state index in [1.165, 1.54) is 12.3 Å². The Hall–Kier alpha value is -2.78. The van der Waals surface area contributed by atoms with Crippen molar-refractivity contribution in [3.8, 4) is 11.1 Å². The first-order valence-corrected chi connectivity index (χ1v) is 11.7. The number of primary sulfonamides is 1. The Balaban J connectivity index is 2.36. The van der Waals surface area contributed by atoms with Gasteiger partial charge in [0, 0.05) is 31.9 Å². The van der Waals surface area contributed by atoms with Crippen molar-refractivity contribution in [3.05, 3.63) is 36.0 Å². The summed E-state index contributed by atoms with van der Waals surface area (Å²) in [7, 11) is -7.06. The minimum absolute atomic E-state index is 0.0157. The standard InChI is InChI=1S/C16H20N8O4S2/c1-19-13-5-2-10(8-20-13)11-3-4-12(30(27,28)23-7-6-17)15(29(18,25)26)14(11)16-21-9-22-24-16/h2-5,8,23H,6-7,9,17H2,1H3,(H,19,20)(H2,18,25,26). The molecule has 12 nitrogen and oxygen atoms in total. The van der Waals surface area contributed by atoms with Crippen molar-refractivity contribution < 1.29 is 16.8 Å². The van der Waals surface area contributed by atoms with Crippen molar-refractivity contribution in [2.24, 2.45) is 26.1 Å². The normalized spacial score (nSPS) is 14.0. The highest BCUT2D eigenvalue weighted by Crippen LogP contribution is 2.34. The highest BCUT2D eigenvalue weighted by molar-refractivity contribution is 7.92. The lowest BCUT2D eigenvalue weighted by Crippen LogP contribution is -2.31. The number of amidine groups is 1. The van der Waals surface area contributed by atoms with Gasteiger partial charge in [-0.1, -0.05) is 6.07 Å². The number of benzene rings is 1. The van der Waals surface area contributed by atoms with Gasteiger partial charge in [0.15, 0.2) is 12.5 Å². The molecule has 6 N–H and O–H groups in total. The number of nitrogens with zero attached hydrogens (tertiary/aromatic N) is 4. The summed E-state index contributed by atoms with van der Waals surface area (Å²) in [5.41, 5.74) is 6.15. The van der Waals surface area contributed by atoms with Gasteiger partial charge in [-0.05, 0) is 23.8 Å². The number of nitrogens with one attached hydrogen (secondary N) is 2. The van der Waals surface area contributed by atoms with Crippen LogP contribution in [0.2, 0.25) is 0 Å². The van der Waals surface area contributed by atoms with E-state index in [0.717, 1.165) is 6.07 Å². The fourth-order valence-electron chi connectivity index (χ4n) is 2.85. The van der Waals surface area contributed by atoms with Crippen molar-refractivity contribution in [1.82, 2.24) is 9.71 Å². The molecule has 0 amide bonds. The molecule has 160 valence electrons. The van der Waals surface area contributed by atoms with Gasteiger partial charge in [-0.25, -0.2) is 36.7 Å². The number of azo groups is 1. The molecule has 0 saturated heterocycles. The maximum Gasteiger partial charge on any atom is 0.241 e. The van der Waals surface area contributed by atoms with Gasteiger partial charge in [-0.15, -0.1) is 5.11 Å². The van der Waals surface area contributed by atoms with Crippen LogP contribution >= 0.6 is 0 Å². The minimum atomic E-state index is -4.52. The highest BCUT2D eigenvalue weighted by atomic mass is 32.2. The number of pyridine rings is 1. The molecule has 0 saturated carbocycles. The van der Waals surface area contributed by atoms with E-state index in [1.807, 2.05) is 0 Å². The maximum absolute atomic E-state index is 12.8. The van der Waals surface area contributed by atoms with E-state index in [9.17, 15) is 16.8 Å². The van der Waals surface area contributed by atoms with Crippen molar-refractivity contribution in [1.29, 1.82) is 0 Å². The second-order valence-corrected chi connectivity index (χ2v) is 9.33. The lowest BCUT2D eigenvalue weighted by atomic mass is 10.00. The average molecular weight is 453 g/mol. The lowest BCUT2D eigenvalue weighted by Gasteiger charge is -2.17. The van der Waals surface area contributed by atoms with E-state index < -0.39 is 29.8 Å². The maximum atomic E-state index is 12.8. The molecule has 0 aliphatic carbocycles. The molecule has 3 rings (SSSR count). The summed E-state index contributed by atoms with van der Waals surface area (Å²) < 4.78 is 52.8. The number of nitrogens with two attached hydrogens (primary N) is 2. The van der Waals surface area contributed by atoms with Crippen LogP contribution in [0.25, 0.3) is 11.1 Å². The molecular formula is C16H20N8O4S2. The molecule has 0 spiro atoms. The summed E-state index contributed by atoms with van der Waals surface area (Å²) >= 11 is 0. The Labute approximate surface area is 173 Å². The van der Waals surface area contributed by atoms with Gasteiger partial charge < -0.3 is 11.1 Å². The zero-order valence-electron chi connectivity index (χ0n) is 15.9. The third kappa shape index (κ3) is 4.36. The smallest absolute Gasteiger partial charge is 0.241 e. The van der Waals surface area contributed by atoms with Gasteiger partial charge in [-0.2, -0.15) is 5.11 Å². The van der Waals surface area contributed by atoms with E-state index >= 15 is 0 Å². The molecular weight excluding hydrogens is 432 g/mol. The third-order valence-electron chi connectivity index (χ3n) is 4.14. The molecule has 2 heterocycles. The van der Waals surface area contributed by atoms with Crippen LogP contribution in [0.5, 0.6) is 0 Å². The van der Waals surface area contributed by atoms with E-state index in [-0.39, 0.29) is 31.2 Å². The monoisotopic (exact) mass is 452 g/mol. The molecule has 1 aromatic carbocycles. The van der Waals surface area contributed by atoms with Gasteiger partial charge in [0.25, 0.3) is 0 Å². The summed E-state index contributed by atoms with van der Waals surface area (Å²) in [6.45, 7) is -0.0724. The van der Waals surface area contributed by atoms with Crippen LogP contribution in [0.3, 0.4) is 0 Å². The first kappa shape index (κ1) is 21.9. The Morgan fingerprint density at radius 3 is 2.43 bits per heavy atom. The molecule has 0 unspecified atom stereocenters. The van der Waals surface area contributed by atoms with Gasteiger partial charge in [0.05, 0.1) is 5.56 Å². The van der Waals surface area contributed by atoms with Gasteiger partial charge in [0.2, 0.25) is 20.0 Å². The average Bonchev–Trinajstić information content (AvgIpc) is 3.25. The van der Waals surface area contributed by atoms with Crippen molar-refractivity contribution >= 4 is 31.7 Å². The summed E-state index contributed by atoms with van der Waals surface area (Å²) in [6, 6.07) is 5.99. The predicted molar refractivity (Wildman–Crippen MR) is 111 cm³/mol. The number of aromatic nitrogens is 1. The minimum Gasteiger partial charge on any atom is -0.373 e. The van der Waals surface area contributed by atoms with Crippen LogP contribution in [0.15, 0.2) is 55.5 Å². The zero-order valence-corrected chi connectivity index (χ0v) is 17.5. The fraction of sp³-hybridized carbons (Fsp3) is 0.250. The highest BCUT2D eigenvalue weighted by Gasteiger charge is 2.32. The van der Waals surface area contributed by atoms with E-state index in [1.54, 1.807) is 19.2 Å². The molecule has 1 aromatic heterocycles. The molecule has 1 aliphatic heterocycles. The van der Waals surface area contributed by atoms with Crippen molar-refractivity contribution in [2.75, 3.05) is 32.1 Å². The van der Waals surface area contributed by atoms with Crippen molar-refractivity contribution in [3.63, 3.8) is 0 Å². The summed E-state index contributed by atoms with van der Waals surface area (Å²) in [5.74, 6) is 0.553. The summed E-state index contributed by atoms with van der Waals surface area (Å²) in [6.07, 6.45) is 1.51. The Morgan fingerprint density at radius 1 is 1.13 bits per heavy atom. The van der Waals surface area contributed by atoms with E-state index in [0.29, 0.717) is 16.9 Å². The second-order valence-electron chi connectivity index (χ2n) is 6.09. The lowest BCUT2D eigenvalue weighted by molar-refractivity contribution is 0.573. The molecule has 2 aromatic rings. The van der Waals surface area contributed by atoms with Crippen LogP contribution < -0.4 is 20.9 Å². The Kier molecular flexibility index (Phi) is 6.23. The first-order valence-electron chi connectivity index (χ1n) is 8.65. The van der Waals surface area contributed by atoms with Crippen LogP contribution in [-0.2, 0) is 20.0 Å². The van der Waals surface area contributed by atoms with Gasteiger partial charge >= 0.3 is 0 Å². The predicted octanol–water partition coefficient (Wildman–Crippen LogP) is -0.155. The third-order valence-corrected chi connectivity index (χ3v) is 6.76. The number of anilines is 1. The molecule has 14 heteroatoms. The number of hydrogen-bond acceptors (Lipinski definition) is 10. The fourth-order valence-corrected chi connectivity index (χ4v) is 5.50. The number of sulfonamides is 2. The Morgan fingerprint density at radius 2 is 1.90 bits per heavy atom. The van der Waals surface area contributed by atoms with Crippen LogP contribution in [-0.4, -0.2) is 54.5 Å². The summed E-state index contributed by atoms with van der Waals surface area (Å²) in [4.78, 5) is 7.15. The van der Waals surface area contributed by atoms with E-state index in [2.05, 4.69) is 30.2 Å². The Bertz CT molecular complexity index is 1220. The number of rotatable bonds is 8. The van der Waals surface area contributed by atoms with Crippen LogP contribution in [0.4, 0.5) is 5.82 Å². The van der Waals surface area contributed by atoms with Crippen molar-refractivity contribution in [2.45, 2.75) is 9.79 Å².